The summed E-state index contributed by atoms with van der Waals surface area (Å²) in [5.41, 5.74) is 2.69. The van der Waals surface area contributed by atoms with E-state index in [1.165, 1.54) is 12.1 Å². The van der Waals surface area contributed by atoms with E-state index in [-0.39, 0.29) is 5.82 Å². The van der Waals surface area contributed by atoms with Crippen molar-refractivity contribution in [3.8, 4) is 5.75 Å². The van der Waals surface area contributed by atoms with Gasteiger partial charge in [-0.25, -0.2) is 4.39 Å². The van der Waals surface area contributed by atoms with Crippen molar-refractivity contribution in [2.45, 2.75) is 27.0 Å². The van der Waals surface area contributed by atoms with Crippen LogP contribution < -0.4 is 10.1 Å². The minimum atomic E-state index is -0.291. The predicted molar refractivity (Wildman–Crippen MR) is 83.8 cm³/mol. The molecule has 0 aliphatic rings. The van der Waals surface area contributed by atoms with Crippen molar-refractivity contribution in [2.75, 3.05) is 6.54 Å². The summed E-state index contributed by atoms with van der Waals surface area (Å²) in [7, 11) is 1.86. The Labute approximate surface area is 132 Å². The van der Waals surface area contributed by atoms with Gasteiger partial charge < -0.3 is 10.1 Å². The van der Waals surface area contributed by atoms with Gasteiger partial charge in [-0.15, -0.1) is 0 Å². The maximum Gasteiger partial charge on any atom is 0.131 e. The van der Waals surface area contributed by atoms with Crippen LogP contribution in [-0.2, 0) is 20.2 Å². The van der Waals surface area contributed by atoms with E-state index in [1.807, 2.05) is 27.0 Å². The van der Waals surface area contributed by atoms with Crippen LogP contribution in [0.15, 0.2) is 22.7 Å². The van der Waals surface area contributed by atoms with Crippen LogP contribution in [0.2, 0.25) is 0 Å². The number of benzene rings is 1. The quantitative estimate of drug-likeness (QED) is 0.863. The summed E-state index contributed by atoms with van der Waals surface area (Å²) in [6.07, 6.45) is 0. The third kappa shape index (κ3) is 4.04. The molecule has 1 heterocycles. The number of halogens is 2. The minimum Gasteiger partial charge on any atom is -0.487 e. The molecule has 2 rings (SSSR count). The van der Waals surface area contributed by atoms with Crippen LogP contribution in [0.5, 0.6) is 5.75 Å². The number of nitrogens with zero attached hydrogens (tertiary/aromatic N) is 2. The Hall–Kier alpha value is -1.40. The SMILES string of the molecule is CCNCc1cc(F)cc(OCc2c(Br)c(C)nn2C)c1. The van der Waals surface area contributed by atoms with Crippen LogP contribution in [0, 0.1) is 12.7 Å². The molecule has 0 unspecified atom stereocenters. The van der Waals surface area contributed by atoms with Crippen LogP contribution in [-0.4, -0.2) is 16.3 Å². The standard InChI is InChI=1S/C15H19BrFN3O/c1-4-18-8-11-5-12(17)7-13(6-11)21-9-14-15(16)10(2)19-20(14)3/h5-7,18H,4,8-9H2,1-3H3. The fourth-order valence-corrected chi connectivity index (χ4v) is 2.51. The van der Waals surface area contributed by atoms with Crippen molar-refractivity contribution in [3.05, 3.63) is 45.4 Å². The van der Waals surface area contributed by atoms with Gasteiger partial charge in [0.2, 0.25) is 0 Å². The molecule has 0 aliphatic carbocycles. The van der Waals surface area contributed by atoms with Gasteiger partial charge >= 0.3 is 0 Å². The lowest BCUT2D eigenvalue weighted by atomic mass is 10.2. The van der Waals surface area contributed by atoms with Gasteiger partial charge in [-0.2, -0.15) is 5.10 Å². The summed E-state index contributed by atoms with van der Waals surface area (Å²) in [6, 6.07) is 4.76. The van der Waals surface area contributed by atoms with Crippen molar-refractivity contribution in [3.63, 3.8) is 0 Å². The van der Waals surface area contributed by atoms with Gasteiger partial charge in [0.25, 0.3) is 0 Å². The highest BCUT2D eigenvalue weighted by molar-refractivity contribution is 9.10. The lowest BCUT2D eigenvalue weighted by Crippen LogP contribution is -2.12. The summed E-state index contributed by atoms with van der Waals surface area (Å²) < 4.78 is 22.0. The second-order valence-electron chi connectivity index (χ2n) is 4.83. The molecule has 0 radical (unpaired) electrons. The van der Waals surface area contributed by atoms with E-state index in [9.17, 15) is 4.39 Å². The molecule has 0 fully saturated rings. The van der Waals surface area contributed by atoms with Crippen molar-refractivity contribution < 1.29 is 9.13 Å². The van der Waals surface area contributed by atoms with Gasteiger partial charge in [0, 0.05) is 19.7 Å². The van der Waals surface area contributed by atoms with Crippen LogP contribution in [0.3, 0.4) is 0 Å². The Morgan fingerprint density at radius 2 is 2.14 bits per heavy atom. The van der Waals surface area contributed by atoms with Gasteiger partial charge in [0.1, 0.15) is 18.2 Å². The molecule has 0 spiro atoms. The number of ether oxygens (including phenoxy) is 1. The number of hydrogen-bond acceptors (Lipinski definition) is 3. The molecule has 21 heavy (non-hydrogen) atoms. The molecule has 0 amide bonds. The molecule has 0 aliphatic heterocycles. The van der Waals surface area contributed by atoms with Gasteiger partial charge in [-0.1, -0.05) is 6.92 Å². The Bertz CT molecular complexity index is 628. The molecular formula is C15H19BrFN3O. The Balaban J connectivity index is 2.10. The van der Waals surface area contributed by atoms with Gasteiger partial charge in [-0.05, 0) is 47.1 Å². The van der Waals surface area contributed by atoms with Gasteiger partial charge in [-0.3, -0.25) is 4.68 Å². The lowest BCUT2D eigenvalue weighted by Gasteiger charge is -2.10. The second-order valence-corrected chi connectivity index (χ2v) is 5.63. The molecule has 0 bridgehead atoms. The van der Waals surface area contributed by atoms with E-state index < -0.39 is 0 Å². The Morgan fingerprint density at radius 3 is 2.76 bits per heavy atom. The summed E-state index contributed by atoms with van der Waals surface area (Å²) in [5, 5.41) is 7.47. The number of aryl methyl sites for hydroxylation is 2. The molecular weight excluding hydrogens is 337 g/mol. The van der Waals surface area contributed by atoms with Crippen molar-refractivity contribution in [2.24, 2.45) is 7.05 Å². The van der Waals surface area contributed by atoms with Gasteiger partial charge in [0.15, 0.2) is 0 Å². The molecule has 1 aromatic heterocycles. The first-order chi connectivity index (χ1) is 10.0. The molecule has 0 atom stereocenters. The van der Waals surface area contributed by atoms with Gasteiger partial charge in [0.05, 0.1) is 15.9 Å². The lowest BCUT2D eigenvalue weighted by molar-refractivity contribution is 0.292. The highest BCUT2D eigenvalue weighted by Crippen LogP contribution is 2.23. The zero-order chi connectivity index (χ0) is 15.4. The number of hydrogen-bond donors (Lipinski definition) is 1. The summed E-state index contributed by atoms with van der Waals surface area (Å²) in [5.74, 6) is 0.231. The van der Waals surface area contributed by atoms with E-state index in [1.54, 1.807) is 4.68 Å². The molecule has 1 N–H and O–H groups in total. The third-order valence-electron chi connectivity index (χ3n) is 3.15. The topological polar surface area (TPSA) is 39.1 Å². The van der Waals surface area contributed by atoms with E-state index in [4.69, 9.17) is 4.74 Å². The second kappa shape index (κ2) is 7.04. The molecule has 1 aromatic carbocycles. The predicted octanol–water partition coefficient (Wildman–Crippen LogP) is 3.32. The van der Waals surface area contributed by atoms with E-state index in [0.29, 0.717) is 18.9 Å². The minimum absolute atomic E-state index is 0.291. The smallest absolute Gasteiger partial charge is 0.131 e. The fourth-order valence-electron chi connectivity index (χ4n) is 2.06. The van der Waals surface area contributed by atoms with Crippen LogP contribution in [0.25, 0.3) is 0 Å². The number of rotatable bonds is 6. The summed E-state index contributed by atoms with van der Waals surface area (Å²) in [6.45, 7) is 5.73. The zero-order valence-electron chi connectivity index (χ0n) is 12.4. The first kappa shape index (κ1) is 16.0. The first-order valence-electron chi connectivity index (χ1n) is 6.82. The van der Waals surface area contributed by atoms with E-state index in [0.717, 1.165) is 28.0 Å². The average Bonchev–Trinajstić information content (AvgIpc) is 2.67. The number of nitrogens with one attached hydrogen (secondary N) is 1. The Kier molecular flexibility index (Phi) is 5.36. The van der Waals surface area contributed by atoms with Crippen LogP contribution in [0.1, 0.15) is 23.9 Å². The normalized spacial score (nSPS) is 10.9. The Morgan fingerprint density at radius 1 is 1.38 bits per heavy atom. The first-order valence-corrected chi connectivity index (χ1v) is 7.61. The summed E-state index contributed by atoms with van der Waals surface area (Å²) >= 11 is 3.49. The maximum absolute atomic E-state index is 13.6. The van der Waals surface area contributed by atoms with E-state index in [2.05, 4.69) is 26.3 Å². The van der Waals surface area contributed by atoms with Crippen molar-refractivity contribution in [1.29, 1.82) is 0 Å². The fraction of sp³-hybridized carbons (Fsp3) is 0.400. The average molecular weight is 356 g/mol. The number of aromatic nitrogens is 2. The molecule has 4 nitrogen and oxygen atoms in total. The van der Waals surface area contributed by atoms with E-state index >= 15 is 0 Å². The largest absolute Gasteiger partial charge is 0.487 e. The van der Waals surface area contributed by atoms with Crippen molar-refractivity contribution in [1.82, 2.24) is 15.1 Å². The zero-order valence-corrected chi connectivity index (χ0v) is 14.0. The molecule has 114 valence electrons. The highest BCUT2D eigenvalue weighted by atomic mass is 79.9. The van der Waals surface area contributed by atoms with Crippen LogP contribution >= 0.6 is 15.9 Å². The highest BCUT2D eigenvalue weighted by Gasteiger charge is 2.11. The molecule has 2 aromatic rings. The monoisotopic (exact) mass is 355 g/mol. The maximum atomic E-state index is 13.6. The molecule has 0 saturated heterocycles. The molecule has 0 saturated carbocycles. The van der Waals surface area contributed by atoms with Crippen molar-refractivity contribution >= 4 is 15.9 Å². The third-order valence-corrected chi connectivity index (χ3v) is 4.18. The van der Waals surface area contributed by atoms with Crippen LogP contribution in [0.4, 0.5) is 4.39 Å². The molecule has 6 heteroatoms. The summed E-state index contributed by atoms with van der Waals surface area (Å²) in [4.78, 5) is 0.